The number of aromatic nitrogens is 1. The van der Waals surface area contributed by atoms with Crippen molar-refractivity contribution >= 4 is 26.7 Å². The van der Waals surface area contributed by atoms with Crippen molar-refractivity contribution in [1.29, 1.82) is 0 Å². The molecule has 0 amide bonds. The molecule has 15 heavy (non-hydrogen) atoms. The van der Waals surface area contributed by atoms with Crippen molar-refractivity contribution in [3.05, 3.63) is 34.2 Å². The summed E-state index contributed by atoms with van der Waals surface area (Å²) in [5.41, 5.74) is 0.712. The number of ether oxygens (including phenoxy) is 1. The minimum absolute atomic E-state index is 0.275. The van der Waals surface area contributed by atoms with Gasteiger partial charge in [-0.25, -0.2) is 9.37 Å². The third-order valence-electron chi connectivity index (χ3n) is 2.24. The Labute approximate surface area is 95.2 Å². The Balaban J connectivity index is 2.96. The van der Waals surface area contributed by atoms with Gasteiger partial charge < -0.3 is 4.74 Å². The zero-order valence-electron chi connectivity index (χ0n) is 8.34. The lowest BCUT2D eigenvalue weighted by Crippen LogP contribution is -1.95. The SMILES string of the molecule is COc1nc(C)c(Br)c2c(F)cccc12. The van der Waals surface area contributed by atoms with E-state index in [1.165, 1.54) is 13.2 Å². The molecule has 2 rings (SSSR count). The Hall–Kier alpha value is -1.16. The molecule has 0 aliphatic rings. The van der Waals surface area contributed by atoms with Gasteiger partial charge in [0.25, 0.3) is 0 Å². The molecule has 1 aromatic heterocycles. The van der Waals surface area contributed by atoms with E-state index in [0.29, 0.717) is 26.8 Å². The number of pyridine rings is 1. The van der Waals surface area contributed by atoms with E-state index in [1.54, 1.807) is 19.1 Å². The van der Waals surface area contributed by atoms with Crippen LogP contribution in [0.2, 0.25) is 0 Å². The van der Waals surface area contributed by atoms with Gasteiger partial charge in [0, 0.05) is 15.2 Å². The summed E-state index contributed by atoms with van der Waals surface area (Å²) in [5, 5.41) is 1.19. The fourth-order valence-electron chi connectivity index (χ4n) is 1.52. The van der Waals surface area contributed by atoms with Gasteiger partial charge in [-0.2, -0.15) is 0 Å². The monoisotopic (exact) mass is 269 g/mol. The summed E-state index contributed by atoms with van der Waals surface area (Å²) in [6.45, 7) is 1.80. The fraction of sp³-hybridized carbons (Fsp3) is 0.182. The summed E-state index contributed by atoms with van der Waals surface area (Å²) in [6.07, 6.45) is 0. The lowest BCUT2D eigenvalue weighted by Gasteiger charge is -2.09. The second kappa shape index (κ2) is 3.77. The number of hydrogen-bond acceptors (Lipinski definition) is 2. The van der Waals surface area contributed by atoms with E-state index in [4.69, 9.17) is 4.74 Å². The Morgan fingerprint density at radius 1 is 1.40 bits per heavy atom. The van der Waals surface area contributed by atoms with Gasteiger partial charge in [-0.3, -0.25) is 0 Å². The van der Waals surface area contributed by atoms with E-state index in [-0.39, 0.29) is 5.82 Å². The first kappa shape index (κ1) is 10.4. The maximum atomic E-state index is 13.6. The summed E-state index contributed by atoms with van der Waals surface area (Å²) < 4.78 is 19.4. The van der Waals surface area contributed by atoms with Crippen LogP contribution in [-0.4, -0.2) is 12.1 Å². The molecule has 2 nitrogen and oxygen atoms in total. The average Bonchev–Trinajstić information content (AvgIpc) is 2.23. The molecule has 1 aromatic carbocycles. The molecule has 2 aromatic rings. The number of fused-ring (bicyclic) bond motifs is 1. The van der Waals surface area contributed by atoms with Crippen molar-refractivity contribution in [1.82, 2.24) is 4.98 Å². The van der Waals surface area contributed by atoms with Gasteiger partial charge in [0.2, 0.25) is 5.88 Å². The predicted octanol–water partition coefficient (Wildman–Crippen LogP) is 3.45. The molecule has 78 valence electrons. The van der Waals surface area contributed by atoms with Crippen LogP contribution in [0.3, 0.4) is 0 Å². The standard InChI is InChI=1S/C11H9BrFNO/c1-6-10(12)9-7(11(14-6)15-2)4-3-5-8(9)13/h3-5H,1-2H3. The van der Waals surface area contributed by atoms with Crippen LogP contribution >= 0.6 is 15.9 Å². The summed E-state index contributed by atoms with van der Waals surface area (Å²) in [7, 11) is 1.53. The molecule has 0 N–H and O–H groups in total. The van der Waals surface area contributed by atoms with E-state index < -0.39 is 0 Å². The number of benzene rings is 1. The summed E-state index contributed by atoms with van der Waals surface area (Å²) >= 11 is 3.34. The van der Waals surface area contributed by atoms with Crippen molar-refractivity contribution in [2.24, 2.45) is 0 Å². The van der Waals surface area contributed by atoms with E-state index in [0.717, 1.165) is 0 Å². The van der Waals surface area contributed by atoms with Crippen LogP contribution in [0.15, 0.2) is 22.7 Å². The molecular weight excluding hydrogens is 261 g/mol. The van der Waals surface area contributed by atoms with Crippen molar-refractivity contribution in [2.45, 2.75) is 6.92 Å². The molecule has 0 bridgehead atoms. The largest absolute Gasteiger partial charge is 0.481 e. The van der Waals surface area contributed by atoms with E-state index in [9.17, 15) is 4.39 Å². The maximum absolute atomic E-state index is 13.6. The smallest absolute Gasteiger partial charge is 0.221 e. The van der Waals surface area contributed by atoms with Gasteiger partial charge in [0.15, 0.2) is 0 Å². The molecule has 0 radical (unpaired) electrons. The van der Waals surface area contributed by atoms with Gasteiger partial charge in [-0.1, -0.05) is 6.07 Å². The molecule has 0 fully saturated rings. The number of aryl methyl sites for hydroxylation is 1. The first-order chi connectivity index (χ1) is 7.15. The van der Waals surface area contributed by atoms with Gasteiger partial charge in [-0.05, 0) is 35.0 Å². The summed E-state index contributed by atoms with van der Waals surface area (Å²) in [5.74, 6) is 0.174. The van der Waals surface area contributed by atoms with E-state index in [1.807, 2.05) is 0 Å². The minimum Gasteiger partial charge on any atom is -0.481 e. The first-order valence-electron chi connectivity index (χ1n) is 4.43. The van der Waals surface area contributed by atoms with Crippen molar-refractivity contribution in [3.63, 3.8) is 0 Å². The van der Waals surface area contributed by atoms with Crippen LogP contribution in [0, 0.1) is 12.7 Å². The normalized spacial score (nSPS) is 10.7. The molecular formula is C11H9BrFNO. The zero-order valence-corrected chi connectivity index (χ0v) is 9.93. The molecule has 0 aliphatic carbocycles. The highest BCUT2D eigenvalue weighted by Crippen LogP contribution is 2.33. The number of rotatable bonds is 1. The topological polar surface area (TPSA) is 22.1 Å². The first-order valence-corrected chi connectivity index (χ1v) is 5.22. The number of methoxy groups -OCH3 is 1. The van der Waals surface area contributed by atoms with E-state index >= 15 is 0 Å². The second-order valence-corrected chi connectivity index (χ2v) is 3.98. The molecule has 0 atom stereocenters. The van der Waals surface area contributed by atoms with Crippen molar-refractivity contribution in [3.8, 4) is 5.88 Å². The van der Waals surface area contributed by atoms with Crippen LogP contribution < -0.4 is 4.74 Å². The van der Waals surface area contributed by atoms with Gasteiger partial charge >= 0.3 is 0 Å². The Morgan fingerprint density at radius 3 is 2.80 bits per heavy atom. The highest BCUT2D eigenvalue weighted by molar-refractivity contribution is 9.10. The van der Waals surface area contributed by atoms with Crippen molar-refractivity contribution < 1.29 is 9.13 Å². The average molecular weight is 270 g/mol. The van der Waals surface area contributed by atoms with Crippen LogP contribution in [0.1, 0.15) is 5.69 Å². The number of halogens is 2. The highest BCUT2D eigenvalue weighted by Gasteiger charge is 2.12. The predicted molar refractivity (Wildman–Crippen MR) is 60.7 cm³/mol. The molecule has 4 heteroatoms. The van der Waals surface area contributed by atoms with Gasteiger partial charge in [-0.15, -0.1) is 0 Å². The second-order valence-electron chi connectivity index (χ2n) is 3.18. The lowest BCUT2D eigenvalue weighted by molar-refractivity contribution is 0.402. The number of hydrogen-bond donors (Lipinski definition) is 0. The van der Waals surface area contributed by atoms with Gasteiger partial charge in [0.1, 0.15) is 5.82 Å². The van der Waals surface area contributed by atoms with Crippen molar-refractivity contribution in [2.75, 3.05) is 7.11 Å². The minimum atomic E-state index is -0.275. The molecule has 0 unspecified atom stereocenters. The zero-order chi connectivity index (χ0) is 11.0. The fourth-order valence-corrected chi connectivity index (χ4v) is 2.02. The maximum Gasteiger partial charge on any atom is 0.221 e. The van der Waals surface area contributed by atoms with E-state index in [2.05, 4.69) is 20.9 Å². The van der Waals surface area contributed by atoms with Crippen LogP contribution in [0.4, 0.5) is 4.39 Å². The Morgan fingerprint density at radius 2 is 2.13 bits per heavy atom. The summed E-state index contributed by atoms with van der Waals surface area (Å²) in [4.78, 5) is 4.22. The quantitative estimate of drug-likeness (QED) is 0.791. The molecule has 0 aliphatic heterocycles. The number of nitrogens with zero attached hydrogens (tertiary/aromatic N) is 1. The highest BCUT2D eigenvalue weighted by atomic mass is 79.9. The molecule has 0 saturated carbocycles. The van der Waals surface area contributed by atoms with Gasteiger partial charge in [0.05, 0.1) is 12.8 Å². The summed E-state index contributed by atoms with van der Waals surface area (Å²) in [6, 6.07) is 4.85. The lowest BCUT2D eigenvalue weighted by atomic mass is 10.1. The van der Waals surface area contributed by atoms with Crippen LogP contribution in [0.5, 0.6) is 5.88 Å². The van der Waals surface area contributed by atoms with Crippen LogP contribution in [-0.2, 0) is 0 Å². The van der Waals surface area contributed by atoms with Crippen LogP contribution in [0.25, 0.3) is 10.8 Å². The molecule has 1 heterocycles. The third kappa shape index (κ3) is 1.59. The Bertz CT molecular complexity index is 527. The molecule has 0 saturated heterocycles. The molecule has 0 spiro atoms. The third-order valence-corrected chi connectivity index (χ3v) is 3.21. The Kier molecular flexibility index (Phi) is 2.61.